The van der Waals surface area contributed by atoms with Gasteiger partial charge >= 0.3 is 5.97 Å². The van der Waals surface area contributed by atoms with Gasteiger partial charge in [0.2, 0.25) is 5.76 Å². The van der Waals surface area contributed by atoms with E-state index < -0.39 is 5.97 Å². The summed E-state index contributed by atoms with van der Waals surface area (Å²) >= 11 is 1.71. The monoisotopic (exact) mass is 449 g/mol. The molecule has 0 bridgehead atoms. The summed E-state index contributed by atoms with van der Waals surface area (Å²) in [5, 5.41) is 5.09. The van der Waals surface area contributed by atoms with E-state index in [9.17, 15) is 4.79 Å². The molecule has 0 unspecified atom stereocenters. The number of thiophene rings is 1. The minimum absolute atomic E-state index is 0. The van der Waals surface area contributed by atoms with Crippen LogP contribution in [-0.2, 0) is 17.7 Å². The second-order valence-electron chi connectivity index (χ2n) is 4.44. The van der Waals surface area contributed by atoms with Gasteiger partial charge in [-0.3, -0.25) is 0 Å². The maximum atomic E-state index is 11.5. The summed E-state index contributed by atoms with van der Waals surface area (Å²) in [6, 6.07) is 7.37. The van der Waals surface area contributed by atoms with Gasteiger partial charge in [0.25, 0.3) is 0 Å². The van der Waals surface area contributed by atoms with E-state index in [1.165, 1.54) is 4.88 Å². The van der Waals surface area contributed by atoms with Crippen LogP contribution in [0.15, 0.2) is 39.1 Å². The molecule has 126 valence electrons. The molecule has 0 amide bonds. The van der Waals surface area contributed by atoms with Crippen molar-refractivity contribution in [3.63, 3.8) is 0 Å². The van der Waals surface area contributed by atoms with Crippen LogP contribution >= 0.6 is 35.3 Å². The fraction of sp³-hybridized carbons (Fsp3) is 0.333. The van der Waals surface area contributed by atoms with Crippen LogP contribution in [-0.4, -0.2) is 25.1 Å². The van der Waals surface area contributed by atoms with Crippen molar-refractivity contribution < 1.29 is 13.9 Å². The maximum absolute atomic E-state index is 11.5. The highest BCUT2D eigenvalue weighted by Crippen LogP contribution is 2.10. The Hall–Kier alpha value is -1.55. The molecule has 0 aliphatic rings. The Labute approximate surface area is 156 Å². The van der Waals surface area contributed by atoms with Crippen LogP contribution in [0, 0.1) is 0 Å². The molecule has 6 nitrogen and oxygen atoms in total. The highest BCUT2D eigenvalue weighted by atomic mass is 127. The average molecular weight is 449 g/mol. The topological polar surface area (TPSA) is 89.8 Å². The molecule has 2 aromatic heterocycles. The number of nitrogens with zero attached hydrogens (tertiary/aromatic N) is 1. The minimum atomic E-state index is -0.472. The molecule has 3 N–H and O–H groups in total. The quantitative estimate of drug-likeness (QED) is 0.294. The highest BCUT2D eigenvalue weighted by molar-refractivity contribution is 14.0. The van der Waals surface area contributed by atoms with Crippen molar-refractivity contribution in [1.29, 1.82) is 0 Å². The smallest absolute Gasteiger partial charge is 0.374 e. The molecule has 0 aliphatic heterocycles. The summed E-state index contributed by atoms with van der Waals surface area (Å²) in [6.45, 7) is 3.06. The van der Waals surface area contributed by atoms with Crippen LogP contribution in [0.25, 0.3) is 0 Å². The zero-order chi connectivity index (χ0) is 15.8. The summed E-state index contributed by atoms with van der Waals surface area (Å²) in [6.07, 6.45) is 0.904. The molecule has 2 heterocycles. The number of nitrogens with two attached hydrogens (primary N) is 1. The molecule has 0 radical (unpaired) electrons. The fourth-order valence-electron chi connectivity index (χ4n) is 1.76. The van der Waals surface area contributed by atoms with E-state index in [1.54, 1.807) is 30.4 Å². The highest BCUT2D eigenvalue weighted by Gasteiger charge is 2.11. The Morgan fingerprint density at radius 3 is 2.96 bits per heavy atom. The Kier molecular flexibility index (Phi) is 8.70. The number of aliphatic imine (C=N–C) groups is 1. The first-order chi connectivity index (χ1) is 10.7. The van der Waals surface area contributed by atoms with Crippen LogP contribution < -0.4 is 11.1 Å². The van der Waals surface area contributed by atoms with E-state index >= 15 is 0 Å². The molecular weight excluding hydrogens is 429 g/mol. The third-order valence-electron chi connectivity index (χ3n) is 2.80. The number of ether oxygens (including phenoxy) is 1. The predicted molar refractivity (Wildman–Crippen MR) is 101 cm³/mol. The second kappa shape index (κ2) is 10.3. The molecule has 0 saturated carbocycles. The third kappa shape index (κ3) is 6.61. The van der Waals surface area contributed by atoms with Crippen molar-refractivity contribution in [1.82, 2.24) is 5.32 Å². The van der Waals surface area contributed by atoms with Crippen molar-refractivity contribution in [3.8, 4) is 0 Å². The van der Waals surface area contributed by atoms with Gasteiger partial charge in [0.15, 0.2) is 5.96 Å². The lowest BCUT2D eigenvalue weighted by atomic mass is 10.3. The number of carbonyl (C=O) groups is 1. The Balaban J connectivity index is 0.00000264. The van der Waals surface area contributed by atoms with Crippen LogP contribution in [0.3, 0.4) is 0 Å². The van der Waals surface area contributed by atoms with E-state index in [0.717, 1.165) is 13.0 Å². The number of halogens is 1. The number of rotatable bonds is 7. The largest absolute Gasteiger partial charge is 0.460 e. The van der Waals surface area contributed by atoms with Crippen LogP contribution in [0.5, 0.6) is 0 Å². The van der Waals surface area contributed by atoms with Gasteiger partial charge < -0.3 is 20.2 Å². The van der Waals surface area contributed by atoms with E-state index in [4.69, 9.17) is 14.9 Å². The average Bonchev–Trinajstić information content (AvgIpc) is 3.17. The Morgan fingerprint density at radius 2 is 2.26 bits per heavy atom. The molecule has 2 aromatic rings. The standard InChI is InChI=1S/C15H19N3O3S.HI/c1-2-20-14(19)13-6-5-11(21-13)10-18-15(16)17-8-7-12-4-3-9-22-12;/h3-6,9H,2,7-8,10H2,1H3,(H3,16,17,18);1H. The summed E-state index contributed by atoms with van der Waals surface area (Å²) in [4.78, 5) is 16.9. The summed E-state index contributed by atoms with van der Waals surface area (Å²) in [5.41, 5.74) is 5.78. The van der Waals surface area contributed by atoms with Crippen LogP contribution in [0.2, 0.25) is 0 Å². The SMILES string of the molecule is CCOC(=O)c1ccc(CN=C(N)NCCc2cccs2)o1.I. The van der Waals surface area contributed by atoms with Gasteiger partial charge in [-0.1, -0.05) is 6.07 Å². The number of carbonyl (C=O) groups excluding carboxylic acids is 1. The number of esters is 1. The van der Waals surface area contributed by atoms with Gasteiger partial charge in [0.1, 0.15) is 12.3 Å². The van der Waals surface area contributed by atoms with Crippen molar-refractivity contribution in [2.45, 2.75) is 19.9 Å². The normalized spacial score (nSPS) is 10.9. The number of guanidine groups is 1. The van der Waals surface area contributed by atoms with E-state index in [2.05, 4.69) is 16.4 Å². The summed E-state index contributed by atoms with van der Waals surface area (Å²) in [7, 11) is 0. The molecule has 0 atom stereocenters. The van der Waals surface area contributed by atoms with Crippen molar-refractivity contribution in [2.24, 2.45) is 10.7 Å². The minimum Gasteiger partial charge on any atom is -0.460 e. The first-order valence-electron chi connectivity index (χ1n) is 7.01. The number of furan rings is 1. The van der Waals surface area contributed by atoms with Crippen LogP contribution in [0.4, 0.5) is 0 Å². The molecule has 8 heteroatoms. The van der Waals surface area contributed by atoms with E-state index in [-0.39, 0.29) is 36.3 Å². The van der Waals surface area contributed by atoms with Gasteiger partial charge in [0, 0.05) is 11.4 Å². The maximum Gasteiger partial charge on any atom is 0.374 e. The lowest BCUT2D eigenvalue weighted by Gasteiger charge is -2.03. The van der Waals surface area contributed by atoms with Gasteiger partial charge in [-0.05, 0) is 36.9 Å². The zero-order valence-corrected chi connectivity index (χ0v) is 15.9. The van der Waals surface area contributed by atoms with E-state index in [1.807, 2.05) is 11.4 Å². The first kappa shape index (κ1) is 19.5. The lowest BCUT2D eigenvalue weighted by molar-refractivity contribution is 0.0488. The number of hydrogen-bond donors (Lipinski definition) is 2. The Morgan fingerprint density at radius 1 is 1.43 bits per heavy atom. The Bertz CT molecular complexity index is 626. The molecule has 0 aliphatic carbocycles. The number of nitrogens with one attached hydrogen (secondary N) is 1. The van der Waals surface area contributed by atoms with Gasteiger partial charge in [-0.15, -0.1) is 35.3 Å². The van der Waals surface area contributed by atoms with E-state index in [0.29, 0.717) is 18.3 Å². The molecule has 0 aromatic carbocycles. The van der Waals surface area contributed by atoms with Gasteiger partial charge in [0.05, 0.1) is 6.61 Å². The summed E-state index contributed by atoms with van der Waals surface area (Å²) < 4.78 is 10.2. The van der Waals surface area contributed by atoms with Crippen LogP contribution in [0.1, 0.15) is 28.1 Å². The molecule has 2 rings (SSSR count). The molecular formula is C15H20IN3O3S. The molecule has 0 saturated heterocycles. The van der Waals surface area contributed by atoms with Gasteiger partial charge in [-0.2, -0.15) is 0 Å². The van der Waals surface area contributed by atoms with Crippen molar-refractivity contribution in [2.75, 3.05) is 13.2 Å². The molecule has 0 spiro atoms. The fourth-order valence-corrected chi connectivity index (χ4v) is 2.47. The molecule has 23 heavy (non-hydrogen) atoms. The van der Waals surface area contributed by atoms with Gasteiger partial charge in [-0.25, -0.2) is 9.79 Å². The third-order valence-corrected chi connectivity index (χ3v) is 3.74. The predicted octanol–water partition coefficient (Wildman–Crippen LogP) is 2.78. The second-order valence-corrected chi connectivity index (χ2v) is 5.48. The number of hydrogen-bond acceptors (Lipinski definition) is 5. The first-order valence-corrected chi connectivity index (χ1v) is 7.89. The van der Waals surface area contributed by atoms with Crippen molar-refractivity contribution in [3.05, 3.63) is 46.0 Å². The molecule has 0 fully saturated rings. The lowest BCUT2D eigenvalue weighted by Crippen LogP contribution is -2.33. The zero-order valence-electron chi connectivity index (χ0n) is 12.8. The van der Waals surface area contributed by atoms with Crippen molar-refractivity contribution >= 4 is 47.2 Å². The summed E-state index contributed by atoms with van der Waals surface area (Å²) in [5.74, 6) is 0.618.